The SMILES string of the molecule is COc1ccc(OC)c(CC(Oc2ccccc2Cl)C(=O)O)c1. The lowest BCUT2D eigenvalue weighted by Gasteiger charge is -2.18. The first-order valence-electron chi connectivity index (χ1n) is 6.90. The Kier molecular flexibility index (Phi) is 5.71. The van der Waals surface area contributed by atoms with E-state index in [1.165, 1.54) is 7.11 Å². The van der Waals surface area contributed by atoms with Crippen molar-refractivity contribution < 1.29 is 24.1 Å². The van der Waals surface area contributed by atoms with Crippen LogP contribution in [0.3, 0.4) is 0 Å². The van der Waals surface area contributed by atoms with Crippen molar-refractivity contribution in [2.24, 2.45) is 0 Å². The maximum absolute atomic E-state index is 11.5. The topological polar surface area (TPSA) is 65.0 Å². The number of carbonyl (C=O) groups is 1. The summed E-state index contributed by atoms with van der Waals surface area (Å²) in [5.41, 5.74) is 0.673. The molecule has 5 nitrogen and oxygen atoms in total. The maximum atomic E-state index is 11.5. The highest BCUT2D eigenvalue weighted by Gasteiger charge is 2.23. The van der Waals surface area contributed by atoms with Crippen molar-refractivity contribution in [3.05, 3.63) is 53.1 Å². The fourth-order valence-corrected chi connectivity index (χ4v) is 2.29. The number of para-hydroxylation sites is 1. The molecule has 1 atom stereocenters. The third-order valence-corrected chi connectivity index (χ3v) is 3.59. The van der Waals surface area contributed by atoms with Crippen LogP contribution in [0.1, 0.15) is 5.56 Å². The lowest BCUT2D eigenvalue weighted by atomic mass is 10.1. The summed E-state index contributed by atoms with van der Waals surface area (Å²) in [4.78, 5) is 11.5. The molecule has 6 heteroatoms. The normalized spacial score (nSPS) is 11.6. The van der Waals surface area contributed by atoms with Gasteiger partial charge in [0.15, 0.2) is 6.10 Å². The van der Waals surface area contributed by atoms with E-state index in [1.54, 1.807) is 49.6 Å². The average molecular weight is 337 g/mol. The first kappa shape index (κ1) is 17.0. The summed E-state index contributed by atoms with van der Waals surface area (Å²) in [5, 5.41) is 9.79. The fourth-order valence-electron chi connectivity index (χ4n) is 2.11. The van der Waals surface area contributed by atoms with Crippen molar-refractivity contribution in [2.45, 2.75) is 12.5 Å². The molecule has 1 unspecified atom stereocenters. The Morgan fingerprint density at radius 3 is 2.48 bits per heavy atom. The van der Waals surface area contributed by atoms with Crippen LogP contribution in [-0.2, 0) is 11.2 Å². The van der Waals surface area contributed by atoms with Crippen LogP contribution in [0, 0.1) is 0 Å². The van der Waals surface area contributed by atoms with Gasteiger partial charge in [-0.1, -0.05) is 23.7 Å². The quantitative estimate of drug-likeness (QED) is 0.839. The van der Waals surface area contributed by atoms with E-state index >= 15 is 0 Å². The van der Waals surface area contributed by atoms with Gasteiger partial charge in [0.05, 0.1) is 19.2 Å². The number of halogens is 1. The smallest absolute Gasteiger partial charge is 0.345 e. The van der Waals surface area contributed by atoms with Crippen molar-refractivity contribution >= 4 is 17.6 Å². The molecule has 122 valence electrons. The van der Waals surface area contributed by atoms with Gasteiger partial charge >= 0.3 is 5.97 Å². The molecule has 0 saturated carbocycles. The monoisotopic (exact) mass is 336 g/mol. The van der Waals surface area contributed by atoms with E-state index in [4.69, 9.17) is 25.8 Å². The molecule has 23 heavy (non-hydrogen) atoms. The Morgan fingerprint density at radius 2 is 1.87 bits per heavy atom. The predicted octanol–water partition coefficient (Wildman–Crippen LogP) is 3.43. The van der Waals surface area contributed by atoms with Gasteiger partial charge < -0.3 is 19.3 Å². The molecule has 0 aliphatic rings. The van der Waals surface area contributed by atoms with Crippen molar-refractivity contribution in [2.75, 3.05) is 14.2 Å². The number of methoxy groups -OCH3 is 2. The van der Waals surface area contributed by atoms with Gasteiger partial charge in [0.25, 0.3) is 0 Å². The summed E-state index contributed by atoms with van der Waals surface area (Å²) >= 11 is 6.02. The van der Waals surface area contributed by atoms with E-state index < -0.39 is 12.1 Å². The Bertz CT molecular complexity index is 686. The zero-order valence-electron chi connectivity index (χ0n) is 12.8. The van der Waals surface area contributed by atoms with Crippen molar-refractivity contribution in [1.29, 1.82) is 0 Å². The molecule has 2 aromatic carbocycles. The van der Waals surface area contributed by atoms with Crippen LogP contribution < -0.4 is 14.2 Å². The number of carboxylic acid groups (broad SMARTS) is 1. The summed E-state index contributed by atoms with van der Waals surface area (Å²) < 4.78 is 16.0. The van der Waals surface area contributed by atoms with E-state index in [-0.39, 0.29) is 6.42 Å². The molecule has 0 radical (unpaired) electrons. The molecule has 2 aromatic rings. The highest BCUT2D eigenvalue weighted by atomic mass is 35.5. The molecule has 0 bridgehead atoms. The summed E-state index contributed by atoms with van der Waals surface area (Å²) in [7, 11) is 3.07. The molecule has 0 fully saturated rings. The molecule has 0 spiro atoms. The van der Waals surface area contributed by atoms with Gasteiger partial charge in [-0.3, -0.25) is 0 Å². The molecule has 0 heterocycles. The number of aliphatic carboxylic acids is 1. The van der Waals surface area contributed by atoms with Gasteiger partial charge in [-0.05, 0) is 30.3 Å². The second kappa shape index (κ2) is 7.74. The maximum Gasteiger partial charge on any atom is 0.345 e. The third kappa shape index (κ3) is 4.29. The van der Waals surface area contributed by atoms with Crippen LogP contribution in [0.15, 0.2) is 42.5 Å². The predicted molar refractivity (Wildman–Crippen MR) is 86.8 cm³/mol. The van der Waals surface area contributed by atoms with E-state index in [1.807, 2.05) is 0 Å². The van der Waals surface area contributed by atoms with E-state index in [9.17, 15) is 9.90 Å². The van der Waals surface area contributed by atoms with Crippen LogP contribution in [0.4, 0.5) is 0 Å². The minimum absolute atomic E-state index is 0.112. The number of hydrogen-bond acceptors (Lipinski definition) is 4. The molecule has 0 aromatic heterocycles. The lowest BCUT2D eigenvalue weighted by molar-refractivity contribution is -0.145. The van der Waals surface area contributed by atoms with Crippen LogP contribution in [0.25, 0.3) is 0 Å². The minimum atomic E-state index is -1.10. The molecular formula is C17H17ClO5. The Morgan fingerprint density at radius 1 is 1.13 bits per heavy atom. The van der Waals surface area contributed by atoms with Crippen molar-refractivity contribution in [3.63, 3.8) is 0 Å². The van der Waals surface area contributed by atoms with E-state index in [0.29, 0.717) is 27.8 Å². The summed E-state index contributed by atoms with van der Waals surface area (Å²) in [6.45, 7) is 0. The minimum Gasteiger partial charge on any atom is -0.497 e. The molecule has 2 rings (SSSR count). The molecule has 0 aliphatic carbocycles. The van der Waals surface area contributed by atoms with Gasteiger partial charge in [0, 0.05) is 12.0 Å². The van der Waals surface area contributed by atoms with Crippen LogP contribution >= 0.6 is 11.6 Å². The van der Waals surface area contributed by atoms with Crippen LogP contribution in [0.2, 0.25) is 5.02 Å². The van der Waals surface area contributed by atoms with Gasteiger partial charge in [0.2, 0.25) is 0 Å². The number of rotatable bonds is 7. The molecule has 1 N–H and O–H groups in total. The Balaban J connectivity index is 2.26. The largest absolute Gasteiger partial charge is 0.497 e. The van der Waals surface area contributed by atoms with Gasteiger partial charge in [0.1, 0.15) is 17.2 Å². The van der Waals surface area contributed by atoms with Crippen LogP contribution in [-0.4, -0.2) is 31.4 Å². The number of benzene rings is 2. The second-order valence-electron chi connectivity index (χ2n) is 4.76. The van der Waals surface area contributed by atoms with Gasteiger partial charge in [-0.2, -0.15) is 0 Å². The highest BCUT2D eigenvalue weighted by Crippen LogP contribution is 2.28. The van der Waals surface area contributed by atoms with Gasteiger partial charge in [-0.25, -0.2) is 4.79 Å². The van der Waals surface area contributed by atoms with Crippen molar-refractivity contribution in [3.8, 4) is 17.2 Å². The fraction of sp³-hybridized carbons (Fsp3) is 0.235. The summed E-state index contributed by atoms with van der Waals surface area (Å²) in [5.74, 6) is 0.417. The molecule has 0 amide bonds. The molecule has 0 aliphatic heterocycles. The Hall–Kier alpha value is -2.40. The lowest BCUT2D eigenvalue weighted by Crippen LogP contribution is -2.29. The van der Waals surface area contributed by atoms with E-state index in [0.717, 1.165) is 0 Å². The first-order chi connectivity index (χ1) is 11.0. The van der Waals surface area contributed by atoms with Crippen molar-refractivity contribution in [1.82, 2.24) is 0 Å². The Labute approximate surface area is 139 Å². The van der Waals surface area contributed by atoms with E-state index in [2.05, 4.69) is 0 Å². The second-order valence-corrected chi connectivity index (χ2v) is 5.16. The zero-order chi connectivity index (χ0) is 16.8. The summed E-state index contributed by atoms with van der Waals surface area (Å²) in [6, 6.07) is 11.9. The third-order valence-electron chi connectivity index (χ3n) is 3.27. The number of carboxylic acids is 1. The van der Waals surface area contributed by atoms with Crippen LogP contribution in [0.5, 0.6) is 17.2 Å². The molecular weight excluding hydrogens is 320 g/mol. The average Bonchev–Trinajstić information content (AvgIpc) is 2.55. The summed E-state index contributed by atoms with van der Waals surface area (Å²) in [6.07, 6.45) is -0.989. The van der Waals surface area contributed by atoms with Gasteiger partial charge in [-0.15, -0.1) is 0 Å². The molecule has 0 saturated heterocycles. The first-order valence-corrected chi connectivity index (χ1v) is 7.28. The zero-order valence-corrected chi connectivity index (χ0v) is 13.5. The number of ether oxygens (including phenoxy) is 3. The number of hydrogen-bond donors (Lipinski definition) is 1. The standard InChI is InChI=1S/C17H17ClO5/c1-21-12-7-8-14(22-2)11(9-12)10-16(17(19)20)23-15-6-4-3-5-13(15)18/h3-9,16H,10H2,1-2H3,(H,19,20). The highest BCUT2D eigenvalue weighted by molar-refractivity contribution is 6.32.